The van der Waals surface area contributed by atoms with Crippen LogP contribution in [0.4, 0.5) is 5.69 Å². The summed E-state index contributed by atoms with van der Waals surface area (Å²) in [5.41, 5.74) is 1.88. The van der Waals surface area contributed by atoms with Crippen LogP contribution in [0.15, 0.2) is 29.3 Å². The van der Waals surface area contributed by atoms with Gasteiger partial charge in [-0.05, 0) is 25.5 Å². The van der Waals surface area contributed by atoms with Gasteiger partial charge in [0.25, 0.3) is 0 Å². The minimum atomic E-state index is -0.397. The molecule has 0 aromatic heterocycles. The van der Waals surface area contributed by atoms with Gasteiger partial charge >= 0.3 is 0 Å². The molecule has 112 valence electrons. The molecular formula is C15H19N3O2S. The van der Waals surface area contributed by atoms with Crippen molar-refractivity contribution in [2.24, 2.45) is 4.99 Å². The molecule has 0 spiro atoms. The number of thioether (sulfide) groups is 1. The van der Waals surface area contributed by atoms with Crippen molar-refractivity contribution < 1.29 is 9.59 Å². The van der Waals surface area contributed by atoms with E-state index in [1.54, 1.807) is 0 Å². The summed E-state index contributed by atoms with van der Waals surface area (Å²) < 4.78 is 0. The van der Waals surface area contributed by atoms with Crippen molar-refractivity contribution in [3.8, 4) is 0 Å². The lowest BCUT2D eigenvalue weighted by molar-refractivity contribution is -0.122. The Hall–Kier alpha value is -1.82. The number of hydrogen-bond acceptors (Lipinski definition) is 4. The molecule has 1 aromatic rings. The van der Waals surface area contributed by atoms with Gasteiger partial charge in [-0.2, -0.15) is 0 Å². The van der Waals surface area contributed by atoms with Gasteiger partial charge in [-0.1, -0.05) is 36.4 Å². The van der Waals surface area contributed by atoms with Crippen LogP contribution in [-0.2, 0) is 9.59 Å². The standard InChI is InChI=1S/C15H19N3O2S/c1-3-8-16-15-18-14(20)12(21-15)9-13(19)17-11-6-4-10(2)5-7-11/h4-7,12H,3,8-9H2,1-2H3,(H,17,19)(H,16,18,20). The molecule has 1 saturated heterocycles. The molecule has 0 bridgehead atoms. The second-order valence-corrected chi connectivity index (χ2v) is 6.09. The van der Waals surface area contributed by atoms with E-state index in [1.165, 1.54) is 11.8 Å². The molecule has 2 N–H and O–H groups in total. The summed E-state index contributed by atoms with van der Waals surface area (Å²) in [6, 6.07) is 7.57. The summed E-state index contributed by atoms with van der Waals surface area (Å²) in [4.78, 5) is 28.0. The van der Waals surface area contributed by atoms with Crippen molar-refractivity contribution in [3.05, 3.63) is 29.8 Å². The zero-order valence-electron chi connectivity index (χ0n) is 12.2. The second-order valence-electron chi connectivity index (χ2n) is 4.90. The molecule has 0 aliphatic carbocycles. The largest absolute Gasteiger partial charge is 0.326 e. The highest BCUT2D eigenvalue weighted by Crippen LogP contribution is 2.23. The summed E-state index contributed by atoms with van der Waals surface area (Å²) in [7, 11) is 0. The quantitative estimate of drug-likeness (QED) is 0.877. The SMILES string of the molecule is CCCN=C1NC(=O)C(CC(=O)Nc2ccc(C)cc2)S1. The molecule has 6 heteroatoms. The van der Waals surface area contributed by atoms with E-state index in [1.807, 2.05) is 38.1 Å². The molecule has 1 aromatic carbocycles. The van der Waals surface area contributed by atoms with E-state index in [2.05, 4.69) is 15.6 Å². The van der Waals surface area contributed by atoms with Crippen LogP contribution >= 0.6 is 11.8 Å². The van der Waals surface area contributed by atoms with Gasteiger partial charge in [0.05, 0.1) is 0 Å². The third-order valence-electron chi connectivity index (χ3n) is 2.96. The average molecular weight is 305 g/mol. The lowest BCUT2D eigenvalue weighted by Gasteiger charge is -2.07. The van der Waals surface area contributed by atoms with Crippen molar-refractivity contribution in [1.29, 1.82) is 0 Å². The molecule has 1 atom stereocenters. The lowest BCUT2D eigenvalue weighted by atomic mass is 10.2. The van der Waals surface area contributed by atoms with Crippen molar-refractivity contribution in [2.45, 2.75) is 31.9 Å². The second kappa shape index (κ2) is 7.26. The molecule has 1 aliphatic heterocycles. The zero-order chi connectivity index (χ0) is 15.2. The molecule has 0 saturated carbocycles. The minimum Gasteiger partial charge on any atom is -0.326 e. The Kier molecular flexibility index (Phi) is 5.38. The fourth-order valence-electron chi connectivity index (χ4n) is 1.85. The Bertz CT molecular complexity index is 555. The number of amidine groups is 1. The molecule has 1 heterocycles. The van der Waals surface area contributed by atoms with Crippen LogP contribution in [0.25, 0.3) is 0 Å². The van der Waals surface area contributed by atoms with Crippen LogP contribution in [0.1, 0.15) is 25.3 Å². The molecule has 0 radical (unpaired) electrons. The number of aliphatic imine (C=N–C) groups is 1. The number of amides is 2. The molecular weight excluding hydrogens is 286 g/mol. The number of carbonyl (C=O) groups excluding carboxylic acids is 2. The Morgan fingerprint density at radius 2 is 2.10 bits per heavy atom. The Balaban J connectivity index is 1.88. The molecule has 1 unspecified atom stereocenters. The van der Waals surface area contributed by atoms with Gasteiger partial charge in [-0.25, -0.2) is 0 Å². The number of rotatable bonds is 5. The van der Waals surface area contributed by atoms with Gasteiger partial charge < -0.3 is 10.6 Å². The van der Waals surface area contributed by atoms with Crippen LogP contribution in [0.2, 0.25) is 0 Å². The number of anilines is 1. The molecule has 21 heavy (non-hydrogen) atoms. The first-order valence-corrected chi connectivity index (χ1v) is 7.85. The molecule has 1 aliphatic rings. The van der Waals surface area contributed by atoms with Crippen LogP contribution < -0.4 is 10.6 Å². The van der Waals surface area contributed by atoms with Crippen LogP contribution in [0, 0.1) is 6.92 Å². The van der Waals surface area contributed by atoms with E-state index in [4.69, 9.17) is 0 Å². The summed E-state index contributed by atoms with van der Waals surface area (Å²) in [5, 5.41) is 5.74. The molecule has 2 rings (SSSR count). The Labute approximate surface area is 128 Å². The van der Waals surface area contributed by atoms with E-state index in [-0.39, 0.29) is 18.2 Å². The number of carbonyl (C=O) groups is 2. The monoisotopic (exact) mass is 305 g/mol. The van der Waals surface area contributed by atoms with E-state index in [9.17, 15) is 9.59 Å². The first kappa shape index (κ1) is 15.6. The fraction of sp³-hybridized carbons (Fsp3) is 0.400. The summed E-state index contributed by atoms with van der Waals surface area (Å²) in [6.45, 7) is 4.70. The highest BCUT2D eigenvalue weighted by molar-refractivity contribution is 8.15. The molecule has 2 amide bonds. The predicted octanol–water partition coefficient (Wildman–Crippen LogP) is 2.32. The third kappa shape index (κ3) is 4.60. The highest BCUT2D eigenvalue weighted by Gasteiger charge is 2.31. The third-order valence-corrected chi connectivity index (χ3v) is 4.08. The summed E-state index contributed by atoms with van der Waals surface area (Å²) >= 11 is 1.33. The van der Waals surface area contributed by atoms with Crippen molar-refractivity contribution in [3.63, 3.8) is 0 Å². The summed E-state index contributed by atoms with van der Waals surface area (Å²) in [6.07, 6.45) is 1.08. The molecule has 5 nitrogen and oxygen atoms in total. The van der Waals surface area contributed by atoms with Gasteiger partial charge in [0.2, 0.25) is 11.8 Å². The van der Waals surface area contributed by atoms with Gasteiger partial charge in [-0.3, -0.25) is 14.6 Å². The topological polar surface area (TPSA) is 70.6 Å². The number of nitrogens with one attached hydrogen (secondary N) is 2. The van der Waals surface area contributed by atoms with Gasteiger partial charge in [0, 0.05) is 18.7 Å². The van der Waals surface area contributed by atoms with Gasteiger partial charge in [-0.15, -0.1) is 0 Å². The van der Waals surface area contributed by atoms with Crippen LogP contribution in [-0.4, -0.2) is 28.8 Å². The van der Waals surface area contributed by atoms with Crippen molar-refractivity contribution >= 4 is 34.4 Å². The van der Waals surface area contributed by atoms with Crippen molar-refractivity contribution in [2.75, 3.05) is 11.9 Å². The first-order chi connectivity index (χ1) is 10.1. The van der Waals surface area contributed by atoms with Gasteiger partial charge in [0.15, 0.2) is 5.17 Å². The number of nitrogens with zero attached hydrogens (tertiary/aromatic N) is 1. The van der Waals surface area contributed by atoms with Gasteiger partial charge in [0.1, 0.15) is 5.25 Å². The fourth-order valence-corrected chi connectivity index (χ4v) is 2.84. The Morgan fingerprint density at radius 3 is 2.76 bits per heavy atom. The molecule has 1 fully saturated rings. The highest BCUT2D eigenvalue weighted by atomic mass is 32.2. The predicted molar refractivity (Wildman–Crippen MR) is 86.5 cm³/mol. The smallest absolute Gasteiger partial charge is 0.240 e. The maximum atomic E-state index is 12.0. The van der Waals surface area contributed by atoms with E-state index >= 15 is 0 Å². The maximum absolute atomic E-state index is 12.0. The minimum absolute atomic E-state index is 0.145. The summed E-state index contributed by atoms with van der Waals surface area (Å²) in [5.74, 6) is -0.308. The normalized spacial score (nSPS) is 19.6. The first-order valence-electron chi connectivity index (χ1n) is 6.97. The van der Waals surface area contributed by atoms with E-state index in [0.29, 0.717) is 11.7 Å². The van der Waals surface area contributed by atoms with Crippen LogP contribution in [0.5, 0.6) is 0 Å². The number of aryl methyl sites for hydroxylation is 1. The number of hydrogen-bond donors (Lipinski definition) is 2. The van der Waals surface area contributed by atoms with E-state index < -0.39 is 5.25 Å². The van der Waals surface area contributed by atoms with Crippen molar-refractivity contribution in [1.82, 2.24) is 5.32 Å². The van der Waals surface area contributed by atoms with Crippen LogP contribution in [0.3, 0.4) is 0 Å². The number of benzene rings is 1. The lowest BCUT2D eigenvalue weighted by Crippen LogP contribution is -2.28. The average Bonchev–Trinajstić information content (AvgIpc) is 2.79. The van der Waals surface area contributed by atoms with E-state index in [0.717, 1.165) is 17.7 Å². The zero-order valence-corrected chi connectivity index (χ0v) is 13.0. The Morgan fingerprint density at radius 1 is 1.38 bits per heavy atom. The maximum Gasteiger partial charge on any atom is 0.240 e.